The van der Waals surface area contributed by atoms with Crippen LogP contribution in [0.2, 0.25) is 0 Å². The molecule has 2 rings (SSSR count). The molecular weight excluding hydrogens is 801 g/mol. The zero-order chi connectivity index (χ0) is 34.1. The second kappa shape index (κ2) is 34.0. The van der Waals surface area contributed by atoms with E-state index in [1.165, 1.54) is 51.5 Å². The van der Waals surface area contributed by atoms with Crippen molar-refractivity contribution in [3.63, 3.8) is 0 Å². The van der Waals surface area contributed by atoms with E-state index in [0.717, 1.165) is 26.4 Å². The van der Waals surface area contributed by atoms with Crippen molar-refractivity contribution in [2.24, 2.45) is 0 Å². The molecule has 262 valence electrons. The van der Waals surface area contributed by atoms with Gasteiger partial charge in [-0.3, -0.25) is 0 Å². The number of hydrogen-bond acceptors (Lipinski definition) is 2. The molecule has 0 spiro atoms. The molecule has 2 radical (unpaired) electrons. The van der Waals surface area contributed by atoms with E-state index in [-0.39, 0.29) is 79.9 Å². The zero-order valence-corrected chi connectivity index (χ0v) is 26.4. The molecule has 2 saturated heterocycles. The van der Waals surface area contributed by atoms with Gasteiger partial charge in [-0.05, 0) is 110 Å². The molecule has 2 aliphatic heterocycles. The molecule has 0 N–H and O–H groups in total. The van der Waals surface area contributed by atoms with E-state index in [0.29, 0.717) is 95.8 Å². The van der Waals surface area contributed by atoms with Crippen molar-refractivity contribution in [2.45, 2.75) is 25.7 Å². The van der Waals surface area contributed by atoms with Gasteiger partial charge in [-0.2, -0.15) is 0 Å². The van der Waals surface area contributed by atoms with Crippen molar-refractivity contribution >= 4 is 95.8 Å². The standard InChI is InChI=1S/2C4H8O.6C2H12B2N.2Gd/c2*1-2-4-5-3-1;6*1-5(2,3)4;;/h2*1-4H2;6*1-4H3;;/q;;6*-1;2*+3. The maximum atomic E-state index is 4.94. The van der Waals surface area contributed by atoms with Crippen LogP contribution in [0.1, 0.15) is 25.7 Å². The third kappa shape index (κ3) is 445. The van der Waals surface area contributed by atoms with Gasteiger partial charge >= 0.3 is 79.9 Å². The Kier molecular flexibility index (Phi) is 51.6. The van der Waals surface area contributed by atoms with Gasteiger partial charge in [0.15, 0.2) is 0 Å². The predicted octanol–water partition coefficient (Wildman–Crippen LogP) is -12.7. The maximum absolute atomic E-state index is 4.94. The van der Waals surface area contributed by atoms with Crippen LogP contribution in [0.25, 0.3) is 0 Å². The van der Waals surface area contributed by atoms with Crippen molar-refractivity contribution in [1.29, 1.82) is 0 Å². The summed E-state index contributed by atoms with van der Waals surface area (Å²) in [5, 5.41) is 0. The fourth-order valence-electron chi connectivity index (χ4n) is 1.02. The smallest absolute Gasteiger partial charge is 0.741 e. The molecule has 8 nitrogen and oxygen atoms in total. The Morgan fingerprint density at radius 3 is 0.381 bits per heavy atom. The summed E-state index contributed by atoms with van der Waals surface area (Å²) in [6.45, 7) is 4.00. The van der Waals surface area contributed by atoms with Crippen LogP contribution in [-0.4, -0.2) is 233 Å². The topological polar surface area (TPSA) is 18.5 Å². The third-order valence-corrected chi connectivity index (χ3v) is 1.65. The molecule has 0 bridgehead atoms. The minimum atomic E-state index is 0. The van der Waals surface area contributed by atoms with E-state index in [2.05, 4.69) is 84.6 Å². The Balaban J connectivity index is -0.0000000521. The normalized spacial score (nSPS) is 14.3. The largest absolute Gasteiger partial charge is 3.00 e. The molecule has 2 fully saturated rings. The van der Waals surface area contributed by atoms with Crippen molar-refractivity contribution in [1.82, 2.24) is 0 Å². The Morgan fingerprint density at radius 1 is 0.286 bits per heavy atom. The SMILES string of the molecule is C1CCOC1.C1CCOC1.[BH3-][N+]([BH3-])(C)C.[BH3-][N+]([BH3-])(C)C.[BH3-][N+]([BH3-])(C)C.[BH3-][N+]([BH3-])(C)C.[BH3-][N+]([BH3-])(C)C.[BH3-][N+]([BH3-])(C)C.[Gd+3].[Gd+3]. The first-order valence-corrected chi connectivity index (χ1v) is 9.52. The molecule has 0 aliphatic carbocycles. The van der Waals surface area contributed by atoms with Gasteiger partial charge in [0, 0.05) is 26.4 Å². The van der Waals surface area contributed by atoms with E-state index < -0.39 is 0 Å². The first-order valence-electron chi connectivity index (χ1n) is 9.52. The van der Waals surface area contributed by atoms with Crippen molar-refractivity contribution in [2.75, 3.05) is 111 Å². The van der Waals surface area contributed by atoms with Gasteiger partial charge in [0.25, 0.3) is 0 Å². The molecule has 0 aromatic carbocycles. The van der Waals surface area contributed by atoms with Crippen LogP contribution in [0.4, 0.5) is 0 Å². The molecule has 42 heavy (non-hydrogen) atoms. The molecule has 0 unspecified atom stereocenters. The minimum absolute atomic E-state index is 0. The van der Waals surface area contributed by atoms with E-state index >= 15 is 0 Å². The summed E-state index contributed by atoms with van der Waals surface area (Å²) in [5.74, 6) is 0. The van der Waals surface area contributed by atoms with Gasteiger partial charge in [0.05, 0.1) is 0 Å². The molecule has 0 amide bonds. The van der Waals surface area contributed by atoms with E-state index in [4.69, 9.17) is 9.47 Å². The fourth-order valence-corrected chi connectivity index (χ4v) is 1.02. The molecule has 0 aromatic heterocycles. The van der Waals surface area contributed by atoms with Crippen molar-refractivity contribution in [3.05, 3.63) is 0 Å². The summed E-state index contributed by atoms with van der Waals surface area (Å²) in [4.78, 5) is 0. The second-order valence-corrected chi connectivity index (χ2v) is 5.32. The number of rotatable bonds is 0. The summed E-state index contributed by atoms with van der Waals surface area (Å²) in [6, 6.07) is 0. The van der Waals surface area contributed by atoms with E-state index in [1.807, 2.05) is 0 Å². The van der Waals surface area contributed by atoms with Crippen LogP contribution in [0.3, 0.4) is 0 Å². The third-order valence-electron chi connectivity index (χ3n) is 1.65. The monoisotopic (exact) mass is 893 g/mol. The van der Waals surface area contributed by atoms with Gasteiger partial charge in [-0.25, -0.2) is 0 Å². The Bertz CT molecular complexity index is 366. The van der Waals surface area contributed by atoms with Crippen LogP contribution < -0.4 is 0 Å². The van der Waals surface area contributed by atoms with Gasteiger partial charge in [0.1, 0.15) is 95.8 Å². The molecule has 0 atom stereocenters. The molecule has 0 saturated carbocycles. The average Bonchev–Trinajstić information content (AvgIpc) is 3.25. The number of hydrogen-bond donors (Lipinski definition) is 0. The zero-order valence-electron chi connectivity index (χ0n) is 21.9. The van der Waals surface area contributed by atoms with Crippen LogP contribution in [0.15, 0.2) is 0 Å². The van der Waals surface area contributed by atoms with Crippen molar-refractivity contribution < 1.29 is 115 Å². The van der Waals surface area contributed by atoms with Crippen LogP contribution >= 0.6 is 0 Å². The average molecular weight is 889 g/mol. The van der Waals surface area contributed by atoms with E-state index in [1.54, 1.807) is 0 Å². The van der Waals surface area contributed by atoms with Gasteiger partial charge in [-0.15, -0.1) is 0 Å². The molecule has 22 heteroatoms. The Labute approximate surface area is 343 Å². The quantitative estimate of drug-likeness (QED) is 0.226. The van der Waals surface area contributed by atoms with Gasteiger partial charge in [0.2, 0.25) is 0 Å². The molecular formula is C20H88B12Gd2N6O2. The first kappa shape index (κ1) is 63.7. The second-order valence-electron chi connectivity index (χ2n) is 5.32. The predicted molar refractivity (Wildman–Crippen MR) is 232 cm³/mol. The minimum Gasteiger partial charge on any atom is -0.741 e. The Hall–Kier alpha value is 3.11. The maximum Gasteiger partial charge on any atom is 3.00 e. The summed E-state index contributed by atoms with van der Waals surface area (Å²) in [7, 11) is 36.0. The van der Waals surface area contributed by atoms with E-state index in [9.17, 15) is 0 Å². The number of ether oxygens (including phenoxy) is 2. The van der Waals surface area contributed by atoms with Gasteiger partial charge in [-0.1, -0.05) is 0 Å². The van der Waals surface area contributed by atoms with Crippen LogP contribution in [-0.2, 0) is 9.47 Å². The Morgan fingerprint density at radius 2 is 0.357 bits per heavy atom. The number of nitrogens with zero attached hydrogens (tertiary/aromatic N) is 6. The summed E-state index contributed by atoms with van der Waals surface area (Å²) in [5.41, 5.74) is 0. The van der Waals surface area contributed by atoms with Crippen molar-refractivity contribution in [3.8, 4) is 0 Å². The van der Waals surface area contributed by atoms with Gasteiger partial charge < -0.3 is 35.3 Å². The first-order chi connectivity index (χ1) is 17.0. The number of quaternary nitrogens is 6. The molecule has 0 aromatic rings. The summed E-state index contributed by atoms with van der Waals surface area (Å²) < 4.78 is 18.9. The fraction of sp³-hybridized carbons (Fsp3) is 1.00. The molecule has 2 heterocycles. The van der Waals surface area contributed by atoms with Crippen LogP contribution in [0.5, 0.6) is 0 Å². The van der Waals surface area contributed by atoms with Crippen LogP contribution in [0, 0.1) is 79.9 Å². The summed E-state index contributed by atoms with van der Waals surface area (Å²) in [6.07, 6.45) is 5.11. The molecule has 2 aliphatic rings. The summed E-state index contributed by atoms with van der Waals surface area (Å²) >= 11 is 0.